The van der Waals surface area contributed by atoms with Crippen LogP contribution in [0.5, 0.6) is 0 Å². The van der Waals surface area contributed by atoms with E-state index in [4.69, 9.17) is 5.11 Å². The number of allylic oxidation sites excluding steroid dienone is 4. The summed E-state index contributed by atoms with van der Waals surface area (Å²) in [6.45, 7) is 6.95. The second kappa shape index (κ2) is 4.50. The van der Waals surface area contributed by atoms with Gasteiger partial charge < -0.3 is 5.11 Å². The van der Waals surface area contributed by atoms with Crippen molar-refractivity contribution in [2.75, 3.05) is 0 Å². The third kappa shape index (κ3) is 4.14. The highest BCUT2D eigenvalue weighted by molar-refractivity contribution is 5.86. The normalized spacial score (nSPS) is 12.9. The fourth-order valence-corrected chi connectivity index (χ4v) is 0.396. The first kappa shape index (κ1) is 9.69. The molecule has 0 aromatic rings. The van der Waals surface area contributed by atoms with E-state index in [-0.39, 0.29) is 0 Å². The van der Waals surface area contributed by atoms with Crippen LogP contribution in [0.15, 0.2) is 36.0 Å². The Hall–Kier alpha value is -1.31. The molecule has 2 heteroatoms. The smallest absolute Gasteiger partial charge is 0.331 e. The highest BCUT2D eigenvalue weighted by Gasteiger charge is 1.95. The van der Waals surface area contributed by atoms with Gasteiger partial charge in [0.15, 0.2) is 0 Å². The van der Waals surface area contributed by atoms with E-state index in [2.05, 4.69) is 6.58 Å². The van der Waals surface area contributed by atoms with Crippen LogP contribution in [0.25, 0.3) is 0 Å². The molecule has 0 radical (unpaired) electrons. The second-order valence-electron chi connectivity index (χ2n) is 2.27. The molecule has 0 spiro atoms. The van der Waals surface area contributed by atoms with Gasteiger partial charge in [0.2, 0.25) is 0 Å². The Bertz CT molecular complexity index is 222. The molecule has 0 atom stereocenters. The largest absolute Gasteiger partial charge is 0.478 e. The molecule has 0 aliphatic rings. The van der Waals surface area contributed by atoms with Gasteiger partial charge in [0.05, 0.1) is 0 Å². The number of hydrogen-bond donors (Lipinski definition) is 1. The zero-order valence-corrected chi connectivity index (χ0v) is 6.79. The summed E-state index contributed by atoms with van der Waals surface area (Å²) < 4.78 is 0. The first-order chi connectivity index (χ1) is 5.07. The summed E-state index contributed by atoms with van der Waals surface area (Å²) in [7, 11) is 0. The Morgan fingerprint density at radius 3 is 2.27 bits per heavy atom. The van der Waals surface area contributed by atoms with Gasteiger partial charge in [0, 0.05) is 5.57 Å². The van der Waals surface area contributed by atoms with Gasteiger partial charge in [-0.3, -0.25) is 0 Å². The molecule has 2 nitrogen and oxygen atoms in total. The molecule has 0 aliphatic carbocycles. The van der Waals surface area contributed by atoms with E-state index in [9.17, 15) is 4.79 Å². The van der Waals surface area contributed by atoms with Gasteiger partial charge in [0.1, 0.15) is 0 Å². The molecule has 0 unspecified atom stereocenters. The quantitative estimate of drug-likeness (QED) is 0.497. The number of carboxylic acid groups (broad SMARTS) is 1. The van der Waals surface area contributed by atoms with Crippen molar-refractivity contribution in [3.05, 3.63) is 36.0 Å². The van der Waals surface area contributed by atoms with Crippen molar-refractivity contribution in [1.82, 2.24) is 0 Å². The minimum Gasteiger partial charge on any atom is -0.478 e. The topological polar surface area (TPSA) is 37.3 Å². The summed E-state index contributed by atoms with van der Waals surface area (Å²) in [6, 6.07) is 0. The number of carboxylic acids is 1. The molecule has 0 amide bonds. The van der Waals surface area contributed by atoms with Crippen molar-refractivity contribution in [1.29, 1.82) is 0 Å². The van der Waals surface area contributed by atoms with Crippen LogP contribution in [0.3, 0.4) is 0 Å². The van der Waals surface area contributed by atoms with Crippen molar-refractivity contribution < 1.29 is 9.90 Å². The lowest BCUT2D eigenvalue weighted by atomic mass is 10.2. The Labute approximate surface area is 66.5 Å². The summed E-state index contributed by atoms with van der Waals surface area (Å²) in [4.78, 5) is 10.3. The Kier molecular flexibility index (Phi) is 3.96. The molecule has 0 aliphatic heterocycles. The zero-order valence-electron chi connectivity index (χ0n) is 6.79. The van der Waals surface area contributed by atoms with Crippen molar-refractivity contribution in [2.45, 2.75) is 13.8 Å². The van der Waals surface area contributed by atoms with Crippen LogP contribution in [0, 0.1) is 0 Å². The van der Waals surface area contributed by atoms with E-state index in [1.807, 2.05) is 6.92 Å². The number of aliphatic carboxylic acids is 1. The van der Waals surface area contributed by atoms with Gasteiger partial charge in [-0.05, 0) is 13.8 Å². The van der Waals surface area contributed by atoms with Crippen LogP contribution in [0.4, 0.5) is 0 Å². The van der Waals surface area contributed by atoms with Crippen molar-refractivity contribution in [3.63, 3.8) is 0 Å². The van der Waals surface area contributed by atoms with Crippen molar-refractivity contribution in [2.24, 2.45) is 0 Å². The fraction of sp³-hybridized carbons (Fsp3) is 0.222. The minimum atomic E-state index is -0.891. The summed E-state index contributed by atoms with van der Waals surface area (Å²) in [5.41, 5.74) is 1.27. The first-order valence-corrected chi connectivity index (χ1v) is 3.29. The lowest BCUT2D eigenvalue weighted by Crippen LogP contribution is -1.94. The van der Waals surface area contributed by atoms with Crippen LogP contribution in [-0.2, 0) is 4.79 Å². The zero-order chi connectivity index (χ0) is 8.85. The predicted octanol–water partition coefficient (Wildman–Crippen LogP) is 2.15. The third-order valence-electron chi connectivity index (χ3n) is 1.26. The molecule has 0 bridgehead atoms. The monoisotopic (exact) mass is 152 g/mol. The average molecular weight is 152 g/mol. The molecule has 0 saturated carbocycles. The van der Waals surface area contributed by atoms with Crippen LogP contribution >= 0.6 is 0 Å². The Morgan fingerprint density at radius 2 is 1.91 bits per heavy atom. The molecular formula is C9H12O2. The van der Waals surface area contributed by atoms with Crippen LogP contribution in [0.1, 0.15) is 13.8 Å². The predicted molar refractivity (Wildman–Crippen MR) is 45.3 cm³/mol. The average Bonchev–Trinajstić information content (AvgIpc) is 1.99. The summed E-state index contributed by atoms with van der Waals surface area (Å²) in [5.74, 6) is -0.891. The van der Waals surface area contributed by atoms with E-state index in [1.54, 1.807) is 25.2 Å². The van der Waals surface area contributed by atoms with Gasteiger partial charge in [-0.1, -0.05) is 30.4 Å². The van der Waals surface area contributed by atoms with Crippen LogP contribution < -0.4 is 0 Å². The summed E-state index contributed by atoms with van der Waals surface area (Å²) >= 11 is 0. The molecule has 0 fully saturated rings. The molecule has 0 aromatic heterocycles. The van der Waals surface area contributed by atoms with Gasteiger partial charge in [-0.15, -0.1) is 0 Å². The van der Waals surface area contributed by atoms with E-state index < -0.39 is 5.97 Å². The number of carbonyl (C=O) groups is 1. The maximum atomic E-state index is 10.3. The van der Waals surface area contributed by atoms with E-state index in [0.29, 0.717) is 5.57 Å². The lowest BCUT2D eigenvalue weighted by molar-refractivity contribution is -0.132. The SMILES string of the molecule is C=C/C(C)=C/C=C(\C)C(=O)O. The third-order valence-corrected chi connectivity index (χ3v) is 1.26. The fourth-order valence-electron chi connectivity index (χ4n) is 0.396. The molecule has 60 valence electrons. The van der Waals surface area contributed by atoms with E-state index >= 15 is 0 Å². The van der Waals surface area contributed by atoms with Gasteiger partial charge in [-0.2, -0.15) is 0 Å². The molecule has 0 aromatic carbocycles. The lowest BCUT2D eigenvalue weighted by Gasteiger charge is -1.89. The van der Waals surface area contributed by atoms with Gasteiger partial charge in [-0.25, -0.2) is 4.79 Å². The molecule has 0 rings (SSSR count). The second-order valence-corrected chi connectivity index (χ2v) is 2.27. The minimum absolute atomic E-state index is 0.325. The Balaban J connectivity index is 4.34. The highest BCUT2D eigenvalue weighted by Crippen LogP contribution is 1.97. The first-order valence-electron chi connectivity index (χ1n) is 3.29. The van der Waals surface area contributed by atoms with Gasteiger partial charge >= 0.3 is 5.97 Å². The van der Waals surface area contributed by atoms with Crippen molar-refractivity contribution >= 4 is 5.97 Å². The Morgan fingerprint density at radius 1 is 1.36 bits per heavy atom. The maximum Gasteiger partial charge on any atom is 0.331 e. The van der Waals surface area contributed by atoms with Crippen molar-refractivity contribution in [3.8, 4) is 0 Å². The van der Waals surface area contributed by atoms with Crippen LogP contribution in [-0.4, -0.2) is 11.1 Å². The molecule has 0 heterocycles. The standard InChI is InChI=1S/C9H12O2/c1-4-7(2)5-6-8(3)9(10)11/h4-6H,1H2,2-3H3,(H,10,11)/b7-5+,8-6+. The van der Waals surface area contributed by atoms with E-state index in [0.717, 1.165) is 5.57 Å². The molecule has 1 N–H and O–H groups in total. The highest BCUT2D eigenvalue weighted by atomic mass is 16.4. The molecular weight excluding hydrogens is 140 g/mol. The number of hydrogen-bond acceptors (Lipinski definition) is 1. The summed E-state index contributed by atoms with van der Waals surface area (Å²) in [6.07, 6.45) is 4.95. The molecule has 11 heavy (non-hydrogen) atoms. The number of rotatable bonds is 3. The van der Waals surface area contributed by atoms with E-state index in [1.165, 1.54) is 0 Å². The van der Waals surface area contributed by atoms with Gasteiger partial charge in [0.25, 0.3) is 0 Å². The molecule has 0 saturated heterocycles. The van der Waals surface area contributed by atoms with Crippen LogP contribution in [0.2, 0.25) is 0 Å². The maximum absolute atomic E-state index is 10.3. The summed E-state index contributed by atoms with van der Waals surface area (Å²) in [5, 5.41) is 8.44.